The molecule has 0 bridgehead atoms. The number of halogens is 1. The number of piperazine rings is 1. The highest BCUT2D eigenvalue weighted by atomic mass is 19.1. The number of anilines is 3. The van der Waals surface area contributed by atoms with E-state index in [2.05, 4.69) is 70.6 Å². The molecule has 0 radical (unpaired) electrons. The number of nitrogens with zero attached hydrogens (tertiary/aromatic N) is 9. The number of hydrogen-bond acceptors (Lipinski definition) is 12. The molecule has 1 amide bonds. The molecular weight excluding hydrogens is 605 g/mol. The van der Waals surface area contributed by atoms with Gasteiger partial charge in [-0.3, -0.25) is 14.8 Å². The zero-order valence-electron chi connectivity index (χ0n) is 25.8. The quantitative estimate of drug-likeness (QED) is 0.291. The monoisotopic (exact) mass is 639 g/mol. The summed E-state index contributed by atoms with van der Waals surface area (Å²) in [6.07, 6.45) is 0.717. The number of carbonyl (C=O) groups is 1. The maximum atomic E-state index is 15.1. The lowest BCUT2D eigenvalue weighted by molar-refractivity contribution is -0.0792. The molecule has 3 saturated heterocycles. The van der Waals surface area contributed by atoms with Gasteiger partial charge in [-0.25, -0.2) is 14.4 Å². The number of carbonyl (C=O) groups excluding carboxylic acids is 1. The number of hydrogen-bond donors (Lipinski definition) is 2. The van der Waals surface area contributed by atoms with Gasteiger partial charge in [0.05, 0.1) is 37.6 Å². The summed E-state index contributed by atoms with van der Waals surface area (Å²) in [5.74, 6) is 0.607. The van der Waals surface area contributed by atoms with E-state index in [0.717, 1.165) is 38.5 Å². The van der Waals surface area contributed by atoms with Crippen LogP contribution in [0.2, 0.25) is 0 Å². The van der Waals surface area contributed by atoms with Gasteiger partial charge >= 0.3 is 0 Å². The van der Waals surface area contributed by atoms with Crippen molar-refractivity contribution in [1.82, 2.24) is 40.2 Å². The fourth-order valence-electron chi connectivity index (χ4n) is 6.24. The normalized spacial score (nSPS) is 21.9. The van der Waals surface area contributed by atoms with Gasteiger partial charge in [0, 0.05) is 55.6 Å². The Bertz CT molecular complexity index is 1750. The Kier molecular flexibility index (Phi) is 8.60. The van der Waals surface area contributed by atoms with Gasteiger partial charge in [0.15, 0.2) is 12.0 Å². The van der Waals surface area contributed by atoms with E-state index in [-0.39, 0.29) is 35.9 Å². The van der Waals surface area contributed by atoms with Crippen molar-refractivity contribution in [3.05, 3.63) is 66.2 Å². The molecule has 2 N–H and O–H groups in total. The Morgan fingerprint density at radius 2 is 1.98 bits per heavy atom. The molecule has 47 heavy (non-hydrogen) atoms. The largest absolute Gasteiger partial charge is 0.486 e. The van der Waals surface area contributed by atoms with Crippen LogP contribution in [0, 0.1) is 11.3 Å². The van der Waals surface area contributed by atoms with Crippen molar-refractivity contribution in [2.24, 2.45) is 0 Å². The number of likely N-dealkylation sites (tertiary alicyclic amines) is 1. The van der Waals surface area contributed by atoms with Gasteiger partial charge in [0.1, 0.15) is 29.9 Å². The average molecular weight is 640 g/mol. The molecule has 3 fully saturated rings. The van der Waals surface area contributed by atoms with Crippen LogP contribution in [0.5, 0.6) is 5.75 Å². The number of benzene rings is 2. The van der Waals surface area contributed by atoms with Crippen molar-refractivity contribution in [1.29, 1.82) is 5.26 Å². The van der Waals surface area contributed by atoms with Crippen LogP contribution in [0.1, 0.15) is 29.4 Å². The lowest BCUT2D eigenvalue weighted by atomic mass is 10.0. The number of alkyl halides is 1. The molecule has 4 aromatic rings. The molecule has 1 unspecified atom stereocenters. The Balaban J connectivity index is 0.972. The number of aromatic nitrogens is 6. The summed E-state index contributed by atoms with van der Waals surface area (Å²) < 4.78 is 26.4. The Morgan fingerprint density at radius 1 is 1.13 bits per heavy atom. The summed E-state index contributed by atoms with van der Waals surface area (Å²) in [4.78, 5) is 32.0. The lowest BCUT2D eigenvalue weighted by Gasteiger charge is -2.47. The van der Waals surface area contributed by atoms with Crippen molar-refractivity contribution in [3.63, 3.8) is 0 Å². The van der Waals surface area contributed by atoms with Gasteiger partial charge in [-0.2, -0.15) is 10.2 Å². The second-order valence-electron chi connectivity index (χ2n) is 11.9. The van der Waals surface area contributed by atoms with Crippen LogP contribution in [0.25, 0.3) is 11.4 Å². The number of nitrogens with one attached hydrogen (secondary N) is 2. The summed E-state index contributed by atoms with van der Waals surface area (Å²) in [6.45, 7) is 7.05. The molecule has 3 aliphatic heterocycles. The first-order valence-corrected chi connectivity index (χ1v) is 15.6. The number of piperidine rings is 1. The van der Waals surface area contributed by atoms with Crippen LogP contribution in [-0.4, -0.2) is 116 Å². The van der Waals surface area contributed by atoms with E-state index in [4.69, 9.17) is 9.47 Å². The molecule has 2 aromatic carbocycles. The Hall–Kier alpha value is -5.20. The second-order valence-corrected chi connectivity index (χ2v) is 11.9. The van der Waals surface area contributed by atoms with E-state index < -0.39 is 12.3 Å². The highest BCUT2D eigenvalue weighted by molar-refractivity contribution is 5.92. The van der Waals surface area contributed by atoms with Gasteiger partial charge in [-0.1, -0.05) is 5.21 Å². The minimum absolute atomic E-state index is 0.140. The smallest absolute Gasteiger partial charge is 0.273 e. The summed E-state index contributed by atoms with van der Waals surface area (Å²) in [7, 11) is 0. The SMILES string of the molecule is CC1CN(c2ccc(Nc3ncnc(-c4ccc(O[C@H]5CCN(C(=O)c6cnn[nH]6)C[C@H]5F)c(C#N)c4)n3)cc2)CCN1C1COC1. The minimum Gasteiger partial charge on any atom is -0.486 e. The third-order valence-corrected chi connectivity index (χ3v) is 8.88. The maximum Gasteiger partial charge on any atom is 0.273 e. The van der Waals surface area contributed by atoms with E-state index >= 15 is 4.39 Å². The standard InChI is InChI=1S/C32H34FN11O3/c1-20-15-42(10-11-44(20)25-17-46-18-25)24-5-3-23(4-6-24)38-32-36-19-35-30(39-32)21-2-7-28(22(12-21)13-34)47-29-8-9-43(16-26(29)33)31(45)27-14-37-41-40-27/h2-7,12,14,19-20,25-26,29H,8-11,15-18H2,1H3,(H,37,40,41)(H,35,36,38,39)/t20?,26-,29+/m1/s1. The number of amides is 1. The highest BCUT2D eigenvalue weighted by Crippen LogP contribution is 2.29. The number of H-pyrrole nitrogens is 1. The van der Waals surface area contributed by atoms with E-state index in [1.54, 1.807) is 18.2 Å². The van der Waals surface area contributed by atoms with Gasteiger partial charge in [0.25, 0.3) is 5.91 Å². The molecule has 0 spiro atoms. The van der Waals surface area contributed by atoms with Crippen LogP contribution < -0.4 is 15.0 Å². The van der Waals surface area contributed by atoms with Crippen LogP contribution in [-0.2, 0) is 4.74 Å². The molecular formula is C32H34FN11O3. The van der Waals surface area contributed by atoms with Crippen molar-refractivity contribution in [2.75, 3.05) is 56.2 Å². The fourth-order valence-corrected chi connectivity index (χ4v) is 6.24. The predicted octanol–water partition coefficient (Wildman–Crippen LogP) is 2.81. The second kappa shape index (κ2) is 13.3. The molecule has 15 heteroatoms. The molecule has 242 valence electrons. The van der Waals surface area contributed by atoms with Crippen LogP contribution in [0.4, 0.5) is 21.7 Å². The number of nitriles is 1. The fraction of sp³-hybridized carbons (Fsp3) is 0.406. The third-order valence-electron chi connectivity index (χ3n) is 8.88. The molecule has 3 atom stereocenters. The lowest BCUT2D eigenvalue weighted by Crippen LogP contribution is -2.60. The van der Waals surface area contributed by atoms with Crippen LogP contribution >= 0.6 is 0 Å². The van der Waals surface area contributed by atoms with Gasteiger partial charge in [0.2, 0.25) is 5.95 Å². The molecule has 3 aliphatic rings. The van der Waals surface area contributed by atoms with Gasteiger partial charge < -0.3 is 24.6 Å². The minimum atomic E-state index is -1.44. The summed E-state index contributed by atoms with van der Waals surface area (Å²) in [6, 6.07) is 16.3. The van der Waals surface area contributed by atoms with Gasteiger partial charge in [-0.15, -0.1) is 5.10 Å². The molecule has 7 rings (SSSR count). The molecule has 14 nitrogen and oxygen atoms in total. The first-order valence-electron chi connectivity index (χ1n) is 15.6. The molecule has 5 heterocycles. The molecule has 2 aromatic heterocycles. The van der Waals surface area contributed by atoms with E-state index in [1.807, 2.05) is 12.1 Å². The number of aromatic amines is 1. The zero-order chi connectivity index (χ0) is 32.3. The zero-order valence-corrected chi connectivity index (χ0v) is 25.8. The van der Waals surface area contributed by atoms with Crippen molar-refractivity contribution in [3.8, 4) is 23.2 Å². The van der Waals surface area contributed by atoms with Crippen LogP contribution in [0.15, 0.2) is 55.0 Å². The van der Waals surface area contributed by atoms with E-state index in [0.29, 0.717) is 36.0 Å². The number of ether oxygens (including phenoxy) is 2. The Labute approximate surface area is 270 Å². The summed E-state index contributed by atoms with van der Waals surface area (Å²) >= 11 is 0. The summed E-state index contributed by atoms with van der Waals surface area (Å²) in [5, 5.41) is 22.8. The summed E-state index contributed by atoms with van der Waals surface area (Å²) in [5.41, 5.74) is 3.00. The first-order chi connectivity index (χ1) is 22.9. The van der Waals surface area contributed by atoms with E-state index in [9.17, 15) is 10.1 Å². The van der Waals surface area contributed by atoms with Crippen molar-refractivity contribution >= 4 is 23.2 Å². The molecule has 0 saturated carbocycles. The highest BCUT2D eigenvalue weighted by Gasteiger charge is 2.35. The first kappa shape index (κ1) is 30.5. The Morgan fingerprint density at radius 3 is 2.68 bits per heavy atom. The van der Waals surface area contributed by atoms with Gasteiger partial charge in [-0.05, 0) is 49.4 Å². The molecule has 0 aliphatic carbocycles. The van der Waals surface area contributed by atoms with Crippen molar-refractivity contribution in [2.45, 2.75) is 37.7 Å². The number of rotatable bonds is 8. The van der Waals surface area contributed by atoms with Crippen molar-refractivity contribution < 1.29 is 18.7 Å². The maximum absolute atomic E-state index is 15.1. The van der Waals surface area contributed by atoms with Crippen LogP contribution in [0.3, 0.4) is 0 Å². The third kappa shape index (κ3) is 6.56. The average Bonchev–Trinajstić information content (AvgIpc) is 3.61. The predicted molar refractivity (Wildman–Crippen MR) is 169 cm³/mol. The van der Waals surface area contributed by atoms with E-state index in [1.165, 1.54) is 23.1 Å². The topological polar surface area (TPSA) is 161 Å².